The van der Waals surface area contributed by atoms with Crippen molar-refractivity contribution in [3.05, 3.63) is 177 Å². The summed E-state index contributed by atoms with van der Waals surface area (Å²) >= 11 is 0. The third kappa shape index (κ3) is 5.76. The first-order chi connectivity index (χ1) is 23.6. The van der Waals surface area contributed by atoms with Gasteiger partial charge in [0.15, 0.2) is 0 Å². The van der Waals surface area contributed by atoms with E-state index in [9.17, 15) is 0 Å². The van der Waals surface area contributed by atoms with Crippen LogP contribution in [0.3, 0.4) is 0 Å². The van der Waals surface area contributed by atoms with Crippen LogP contribution in [0.15, 0.2) is 127 Å². The summed E-state index contributed by atoms with van der Waals surface area (Å²) in [4.78, 5) is 0. The second-order valence-electron chi connectivity index (χ2n) is 11.1. The minimum Gasteiger partial charge on any atom is -0.115 e. The molecule has 0 N–H and O–H groups in total. The van der Waals surface area contributed by atoms with Crippen LogP contribution in [0.2, 0.25) is 0 Å². The minimum absolute atomic E-state index is 0.802. The topological polar surface area (TPSA) is 0 Å². The molecule has 7 rings (SSSR count). The largest absolute Gasteiger partial charge is 0.115 e. The molecule has 0 atom stereocenters. The third-order valence-electron chi connectivity index (χ3n) is 8.19. The molecule has 0 amide bonds. The molecule has 48 heavy (non-hydrogen) atoms. The maximum Gasteiger partial charge on any atom is 0.0327 e. The van der Waals surface area contributed by atoms with E-state index in [4.69, 9.17) is 19.3 Å². The quantitative estimate of drug-likeness (QED) is 0.152. The summed E-state index contributed by atoms with van der Waals surface area (Å²) in [6, 6.07) is 41.9. The van der Waals surface area contributed by atoms with Crippen molar-refractivity contribution in [1.82, 2.24) is 0 Å². The molecule has 0 heterocycles. The molecule has 0 fully saturated rings. The standard InChI is InChI=1S/C48H24/c1-4-37-13-7-22-46-40(16-10-19-43(37)46)28-25-34-31-35(26-29-41-17-11-20-44-38(5-2)14-8-23-47(41)44)33-36(32-34)27-30-42-18-12-21-45-39(6-3)15-9-24-48(42)45/h1-3,7-24,31-33H. The van der Waals surface area contributed by atoms with Crippen molar-refractivity contribution >= 4 is 32.3 Å². The Labute approximate surface area is 281 Å². The van der Waals surface area contributed by atoms with Crippen LogP contribution in [0, 0.1) is 72.6 Å². The average Bonchev–Trinajstić information content (AvgIpc) is 3.14. The highest BCUT2D eigenvalue weighted by Gasteiger charge is 2.05. The summed E-state index contributed by atoms with van der Waals surface area (Å²) in [5, 5.41) is 6.06. The lowest BCUT2D eigenvalue weighted by molar-refractivity contribution is 1.55. The molecule has 0 unspecified atom stereocenters. The highest BCUT2D eigenvalue weighted by Crippen LogP contribution is 2.24. The molecule has 0 saturated carbocycles. The number of hydrogen-bond acceptors (Lipinski definition) is 0. The molecular formula is C48H24. The van der Waals surface area contributed by atoms with Crippen LogP contribution in [0.5, 0.6) is 0 Å². The number of hydrogen-bond donors (Lipinski definition) is 0. The van der Waals surface area contributed by atoms with E-state index in [1.54, 1.807) is 0 Å². The van der Waals surface area contributed by atoms with Gasteiger partial charge in [0.05, 0.1) is 0 Å². The van der Waals surface area contributed by atoms with Gasteiger partial charge < -0.3 is 0 Å². The van der Waals surface area contributed by atoms with E-state index in [2.05, 4.69) is 53.3 Å². The highest BCUT2D eigenvalue weighted by molar-refractivity contribution is 5.94. The van der Waals surface area contributed by atoms with Crippen LogP contribution in [-0.4, -0.2) is 0 Å². The fourth-order valence-corrected chi connectivity index (χ4v) is 5.90. The van der Waals surface area contributed by atoms with E-state index < -0.39 is 0 Å². The Morgan fingerprint density at radius 3 is 0.750 bits per heavy atom. The maximum atomic E-state index is 5.77. The normalized spacial score (nSPS) is 9.94. The average molecular weight is 601 g/mol. The summed E-state index contributed by atoms with van der Waals surface area (Å²) in [6.45, 7) is 0. The van der Waals surface area contributed by atoms with E-state index in [1.165, 1.54) is 0 Å². The minimum atomic E-state index is 0.802. The number of fused-ring (bicyclic) bond motifs is 3. The highest BCUT2D eigenvalue weighted by atomic mass is 14.1. The second kappa shape index (κ2) is 13.0. The monoisotopic (exact) mass is 600 g/mol. The van der Waals surface area contributed by atoms with Crippen molar-refractivity contribution in [2.75, 3.05) is 0 Å². The Bertz CT molecular complexity index is 2450. The summed E-state index contributed by atoms with van der Waals surface area (Å²) in [6.07, 6.45) is 17.3. The van der Waals surface area contributed by atoms with Gasteiger partial charge >= 0.3 is 0 Å². The zero-order valence-electron chi connectivity index (χ0n) is 25.9. The lowest BCUT2D eigenvalue weighted by Gasteiger charge is -2.04. The van der Waals surface area contributed by atoms with E-state index in [0.717, 1.165) is 82.4 Å². The van der Waals surface area contributed by atoms with Crippen molar-refractivity contribution in [1.29, 1.82) is 0 Å². The second-order valence-corrected chi connectivity index (χ2v) is 11.1. The fraction of sp³-hybridized carbons (Fsp3) is 0. The van der Waals surface area contributed by atoms with Crippen molar-refractivity contribution in [3.8, 4) is 72.6 Å². The van der Waals surface area contributed by atoms with Crippen LogP contribution in [0.4, 0.5) is 0 Å². The van der Waals surface area contributed by atoms with Gasteiger partial charge in [-0.2, -0.15) is 0 Å². The van der Waals surface area contributed by atoms with Crippen LogP contribution >= 0.6 is 0 Å². The van der Waals surface area contributed by atoms with Gasteiger partial charge in [0.2, 0.25) is 0 Å². The van der Waals surface area contributed by atoms with Crippen LogP contribution < -0.4 is 0 Å². The van der Waals surface area contributed by atoms with Crippen molar-refractivity contribution in [3.63, 3.8) is 0 Å². The molecule has 0 aliphatic heterocycles. The van der Waals surface area contributed by atoms with Crippen molar-refractivity contribution < 1.29 is 0 Å². The zero-order valence-corrected chi connectivity index (χ0v) is 25.9. The molecule has 0 bridgehead atoms. The first-order valence-corrected chi connectivity index (χ1v) is 15.3. The van der Waals surface area contributed by atoms with Gasteiger partial charge in [-0.25, -0.2) is 0 Å². The molecule has 0 aliphatic rings. The van der Waals surface area contributed by atoms with Gasteiger partial charge in [0.25, 0.3) is 0 Å². The summed E-state index contributed by atoms with van der Waals surface area (Å²) in [5.74, 6) is 28.6. The first kappa shape index (κ1) is 29.4. The molecular weight excluding hydrogens is 577 g/mol. The predicted molar refractivity (Wildman–Crippen MR) is 200 cm³/mol. The number of terminal acetylenes is 3. The van der Waals surface area contributed by atoms with Crippen LogP contribution in [0.1, 0.15) is 50.1 Å². The van der Waals surface area contributed by atoms with Gasteiger partial charge in [-0.05, 0) is 86.9 Å². The summed E-state index contributed by atoms with van der Waals surface area (Å²) in [7, 11) is 0. The maximum absolute atomic E-state index is 5.77. The summed E-state index contributed by atoms with van der Waals surface area (Å²) in [5.41, 5.74) is 7.63. The first-order valence-electron chi connectivity index (χ1n) is 15.3. The van der Waals surface area contributed by atoms with E-state index in [0.29, 0.717) is 0 Å². The zero-order chi connectivity index (χ0) is 32.9. The molecule has 0 radical (unpaired) electrons. The Morgan fingerprint density at radius 2 is 0.500 bits per heavy atom. The van der Waals surface area contributed by atoms with Crippen molar-refractivity contribution in [2.24, 2.45) is 0 Å². The van der Waals surface area contributed by atoms with Crippen LogP contribution in [0.25, 0.3) is 32.3 Å². The van der Waals surface area contributed by atoms with E-state index in [1.807, 2.05) is 127 Å². The molecule has 0 saturated heterocycles. The molecule has 7 aromatic rings. The van der Waals surface area contributed by atoms with Crippen LogP contribution in [-0.2, 0) is 0 Å². The van der Waals surface area contributed by atoms with Gasteiger partial charge in [-0.15, -0.1) is 19.3 Å². The van der Waals surface area contributed by atoms with Gasteiger partial charge in [0.1, 0.15) is 0 Å². The lowest BCUT2D eigenvalue weighted by atomic mass is 9.99. The third-order valence-corrected chi connectivity index (χ3v) is 8.19. The molecule has 0 aromatic heterocycles. The Morgan fingerprint density at radius 1 is 0.271 bits per heavy atom. The van der Waals surface area contributed by atoms with Gasteiger partial charge in [0, 0.05) is 50.1 Å². The molecule has 0 heteroatoms. The number of rotatable bonds is 0. The lowest BCUT2D eigenvalue weighted by Crippen LogP contribution is -1.87. The van der Waals surface area contributed by atoms with E-state index in [-0.39, 0.29) is 0 Å². The fourth-order valence-electron chi connectivity index (χ4n) is 5.90. The predicted octanol–water partition coefficient (Wildman–Crippen LogP) is 9.29. The smallest absolute Gasteiger partial charge is 0.0327 e. The Hall–Kier alpha value is -7.32. The molecule has 0 aliphatic carbocycles. The van der Waals surface area contributed by atoms with E-state index >= 15 is 0 Å². The molecule has 0 spiro atoms. The Balaban J connectivity index is 1.36. The molecule has 216 valence electrons. The molecule has 7 aromatic carbocycles. The molecule has 0 nitrogen and oxygen atoms in total. The number of benzene rings is 7. The van der Waals surface area contributed by atoms with Crippen molar-refractivity contribution in [2.45, 2.75) is 0 Å². The van der Waals surface area contributed by atoms with Gasteiger partial charge in [-0.1, -0.05) is 126 Å². The Kier molecular flexibility index (Phi) is 7.94. The van der Waals surface area contributed by atoms with Gasteiger partial charge in [-0.3, -0.25) is 0 Å². The summed E-state index contributed by atoms with van der Waals surface area (Å²) < 4.78 is 0. The SMILES string of the molecule is C#Cc1cccc2c(C#Cc3cc(C#Cc4cccc5c(C#C)cccc45)cc(C#Cc4cccc5c(C#C)cccc45)c3)cccc12.